The highest BCUT2D eigenvalue weighted by atomic mass is 15.4. The summed E-state index contributed by atoms with van der Waals surface area (Å²) in [6.45, 7) is 4.40. The molecule has 2 aliphatic heterocycles. The van der Waals surface area contributed by atoms with Gasteiger partial charge in [0, 0.05) is 30.5 Å². The van der Waals surface area contributed by atoms with Gasteiger partial charge < -0.3 is 9.80 Å². The molecule has 0 saturated heterocycles. The standard InChI is InChI=1S/C26H30N2/c1-19-11-9-10-16-24(19)28-20(2)25-23(21-12-5-3-6-13-21)17-18-27(25)26(28)22-14-7-4-8-15-22/h4,7-11,14-18,21,23,26H,3,5-6,12-13H2,1-2H3/i23D. The van der Waals surface area contributed by atoms with E-state index in [1.165, 1.54) is 60.3 Å². The Morgan fingerprint density at radius 3 is 2.36 bits per heavy atom. The number of rotatable bonds is 3. The third kappa shape index (κ3) is 2.78. The molecule has 1 saturated carbocycles. The van der Waals surface area contributed by atoms with Crippen molar-refractivity contribution < 1.29 is 1.37 Å². The van der Waals surface area contributed by atoms with Gasteiger partial charge in [-0.25, -0.2) is 0 Å². The van der Waals surface area contributed by atoms with Gasteiger partial charge in [0.15, 0.2) is 0 Å². The zero-order valence-corrected chi connectivity index (χ0v) is 16.9. The molecule has 0 bridgehead atoms. The number of anilines is 1. The molecule has 2 nitrogen and oxygen atoms in total. The van der Waals surface area contributed by atoms with Crippen LogP contribution in [0.25, 0.3) is 0 Å². The summed E-state index contributed by atoms with van der Waals surface area (Å²) >= 11 is 0. The third-order valence-corrected chi connectivity index (χ3v) is 6.68. The fourth-order valence-corrected chi connectivity index (χ4v) is 5.31. The fraction of sp³-hybridized carbons (Fsp3) is 0.385. The van der Waals surface area contributed by atoms with Crippen molar-refractivity contribution in [1.82, 2.24) is 4.90 Å². The van der Waals surface area contributed by atoms with Crippen molar-refractivity contribution in [2.75, 3.05) is 4.90 Å². The fourth-order valence-electron chi connectivity index (χ4n) is 5.31. The van der Waals surface area contributed by atoms with E-state index in [0.29, 0.717) is 5.92 Å². The summed E-state index contributed by atoms with van der Waals surface area (Å²) in [4.78, 5) is 4.83. The molecular formula is C26H30N2. The zero-order valence-electron chi connectivity index (χ0n) is 17.9. The van der Waals surface area contributed by atoms with Gasteiger partial charge in [-0.2, -0.15) is 0 Å². The molecule has 0 radical (unpaired) electrons. The predicted octanol–water partition coefficient (Wildman–Crippen LogP) is 6.77. The quantitative estimate of drug-likeness (QED) is 0.587. The summed E-state index contributed by atoms with van der Waals surface area (Å²) in [6.07, 6.45) is 10.6. The van der Waals surface area contributed by atoms with Crippen LogP contribution in [0.3, 0.4) is 0 Å². The minimum absolute atomic E-state index is 0.0689. The zero-order chi connectivity index (χ0) is 20.0. The van der Waals surface area contributed by atoms with E-state index in [-0.39, 0.29) is 6.17 Å². The maximum atomic E-state index is 9.58. The second-order valence-electron chi connectivity index (χ2n) is 8.39. The average Bonchev–Trinajstić information content (AvgIpc) is 3.26. The molecule has 28 heavy (non-hydrogen) atoms. The second-order valence-corrected chi connectivity index (χ2v) is 8.39. The van der Waals surface area contributed by atoms with Gasteiger partial charge in [0.05, 0.1) is 0 Å². The number of hydrogen-bond acceptors (Lipinski definition) is 2. The van der Waals surface area contributed by atoms with E-state index < -0.39 is 5.89 Å². The van der Waals surface area contributed by atoms with Gasteiger partial charge in [0.1, 0.15) is 6.17 Å². The van der Waals surface area contributed by atoms with Crippen molar-refractivity contribution in [1.29, 1.82) is 0 Å². The molecular weight excluding hydrogens is 340 g/mol. The maximum absolute atomic E-state index is 9.58. The lowest BCUT2D eigenvalue weighted by atomic mass is 9.79. The molecule has 1 fully saturated rings. The SMILES string of the molecule is [2H]C1(C2CCCCC2)C=CN2C1=C(C)N(c1ccccc1C)C2c1ccccc1. The Morgan fingerprint density at radius 2 is 1.61 bits per heavy atom. The summed E-state index contributed by atoms with van der Waals surface area (Å²) in [6, 6.07) is 19.4. The first kappa shape index (κ1) is 16.5. The van der Waals surface area contributed by atoms with Crippen LogP contribution in [0.2, 0.25) is 0 Å². The molecule has 2 aromatic rings. The van der Waals surface area contributed by atoms with Crippen LogP contribution in [0, 0.1) is 18.7 Å². The molecule has 2 heterocycles. The van der Waals surface area contributed by atoms with Crippen LogP contribution in [0.4, 0.5) is 5.69 Å². The number of allylic oxidation sites excluding steroid dienone is 2. The Balaban J connectivity index is 1.65. The first-order valence-electron chi connectivity index (χ1n) is 11.2. The Bertz CT molecular complexity index is 958. The lowest BCUT2D eigenvalue weighted by Crippen LogP contribution is -2.30. The van der Waals surface area contributed by atoms with Crippen molar-refractivity contribution in [3.8, 4) is 0 Å². The Morgan fingerprint density at radius 1 is 0.893 bits per heavy atom. The van der Waals surface area contributed by atoms with E-state index in [0.717, 1.165) is 0 Å². The first-order valence-corrected chi connectivity index (χ1v) is 10.7. The van der Waals surface area contributed by atoms with E-state index in [2.05, 4.69) is 90.5 Å². The number of para-hydroxylation sites is 1. The lowest BCUT2D eigenvalue weighted by molar-refractivity contribution is 0.284. The van der Waals surface area contributed by atoms with Crippen molar-refractivity contribution >= 4 is 5.69 Å². The molecule has 5 rings (SSSR count). The lowest BCUT2D eigenvalue weighted by Gasteiger charge is -2.33. The molecule has 2 atom stereocenters. The molecule has 0 amide bonds. The van der Waals surface area contributed by atoms with Crippen LogP contribution < -0.4 is 4.90 Å². The summed E-state index contributed by atoms with van der Waals surface area (Å²) in [7, 11) is 0. The minimum Gasteiger partial charge on any atom is -0.324 e. The molecule has 0 spiro atoms. The number of fused-ring (bicyclic) bond motifs is 1. The van der Waals surface area contributed by atoms with Crippen LogP contribution in [-0.2, 0) is 0 Å². The van der Waals surface area contributed by atoms with E-state index in [4.69, 9.17) is 0 Å². The summed E-state index contributed by atoms with van der Waals surface area (Å²) in [5, 5.41) is 0. The van der Waals surface area contributed by atoms with Gasteiger partial charge in [0.25, 0.3) is 0 Å². The molecule has 3 aliphatic rings. The monoisotopic (exact) mass is 371 g/mol. The molecule has 1 aliphatic carbocycles. The van der Waals surface area contributed by atoms with Crippen molar-refractivity contribution in [3.63, 3.8) is 0 Å². The number of benzene rings is 2. The highest BCUT2D eigenvalue weighted by Gasteiger charge is 2.44. The Labute approximate surface area is 170 Å². The topological polar surface area (TPSA) is 6.48 Å². The number of nitrogens with zero attached hydrogens (tertiary/aromatic N) is 2. The van der Waals surface area contributed by atoms with Crippen molar-refractivity contribution in [2.45, 2.75) is 52.1 Å². The van der Waals surface area contributed by atoms with Crippen molar-refractivity contribution in [2.24, 2.45) is 11.8 Å². The summed E-state index contributed by atoms with van der Waals surface area (Å²) in [5.74, 6) is -0.203. The smallest absolute Gasteiger partial charge is 0.136 e. The van der Waals surface area contributed by atoms with Crippen LogP contribution in [0.5, 0.6) is 0 Å². The van der Waals surface area contributed by atoms with Crippen LogP contribution in [-0.4, -0.2) is 4.90 Å². The highest BCUT2D eigenvalue weighted by Crippen LogP contribution is 2.51. The largest absolute Gasteiger partial charge is 0.324 e. The minimum atomic E-state index is -0.616. The number of hydrogen-bond donors (Lipinski definition) is 0. The van der Waals surface area contributed by atoms with Gasteiger partial charge in [-0.05, 0) is 49.8 Å². The first-order chi connectivity index (χ1) is 14.1. The van der Waals surface area contributed by atoms with E-state index in [9.17, 15) is 1.37 Å². The molecule has 0 N–H and O–H groups in total. The summed E-state index contributed by atoms with van der Waals surface area (Å²) < 4.78 is 9.58. The van der Waals surface area contributed by atoms with Gasteiger partial charge in [-0.1, -0.05) is 73.9 Å². The Kier molecular flexibility index (Phi) is 4.21. The molecule has 2 aromatic carbocycles. The Hall–Kier alpha value is -2.48. The van der Waals surface area contributed by atoms with E-state index in [1.807, 2.05) is 0 Å². The molecule has 2 unspecified atom stereocenters. The molecule has 0 aromatic heterocycles. The van der Waals surface area contributed by atoms with Gasteiger partial charge in [-0.3, -0.25) is 0 Å². The van der Waals surface area contributed by atoms with Gasteiger partial charge in [0.2, 0.25) is 0 Å². The van der Waals surface area contributed by atoms with Crippen LogP contribution >= 0.6 is 0 Å². The van der Waals surface area contributed by atoms with E-state index in [1.54, 1.807) is 0 Å². The third-order valence-electron chi connectivity index (χ3n) is 6.68. The normalized spacial score (nSPS) is 28.1. The van der Waals surface area contributed by atoms with Gasteiger partial charge in [-0.15, -0.1) is 0 Å². The van der Waals surface area contributed by atoms with Crippen molar-refractivity contribution in [3.05, 3.63) is 89.4 Å². The van der Waals surface area contributed by atoms with Gasteiger partial charge >= 0.3 is 0 Å². The number of aryl methyl sites for hydroxylation is 1. The summed E-state index contributed by atoms with van der Waals surface area (Å²) in [5.41, 5.74) is 6.18. The molecule has 2 heteroatoms. The molecule has 144 valence electrons. The predicted molar refractivity (Wildman–Crippen MR) is 117 cm³/mol. The maximum Gasteiger partial charge on any atom is 0.136 e. The van der Waals surface area contributed by atoms with Crippen LogP contribution in [0.15, 0.2) is 78.3 Å². The second kappa shape index (κ2) is 7.16. The average molecular weight is 372 g/mol. The highest BCUT2D eigenvalue weighted by molar-refractivity contribution is 5.63. The van der Waals surface area contributed by atoms with Crippen LogP contribution in [0.1, 0.15) is 57.7 Å². The van der Waals surface area contributed by atoms with E-state index >= 15 is 0 Å².